The number of ether oxygens (including phenoxy) is 1. The molecule has 2 amide bonds. The van der Waals surface area contributed by atoms with Crippen LogP contribution in [0.4, 0.5) is 4.79 Å². The van der Waals surface area contributed by atoms with E-state index in [4.69, 9.17) is 9.84 Å². The number of urea groups is 1. The molecule has 1 aliphatic rings. The second kappa shape index (κ2) is 11.4. The Morgan fingerprint density at radius 1 is 1.00 bits per heavy atom. The standard InChI is InChI=1S/C15H28N2O4/c18-14(19)9-3-1-2-6-10-16-15(20)17-11-12-21-13-7-4-5-8-13/h13H,1-12H2,(H,18,19)(H2,16,17,20). The number of hydrogen-bond donors (Lipinski definition) is 3. The van der Waals surface area contributed by atoms with E-state index in [0.717, 1.165) is 32.1 Å². The Hall–Kier alpha value is -1.30. The Labute approximate surface area is 126 Å². The molecule has 1 fully saturated rings. The maximum atomic E-state index is 11.5. The minimum atomic E-state index is -0.743. The molecule has 0 bridgehead atoms. The van der Waals surface area contributed by atoms with E-state index in [2.05, 4.69) is 10.6 Å². The number of carbonyl (C=O) groups excluding carboxylic acids is 1. The molecule has 0 aromatic carbocycles. The first kappa shape index (κ1) is 17.8. The first-order chi connectivity index (χ1) is 10.2. The van der Waals surface area contributed by atoms with Crippen molar-refractivity contribution >= 4 is 12.0 Å². The van der Waals surface area contributed by atoms with Gasteiger partial charge in [-0.25, -0.2) is 4.79 Å². The molecule has 0 spiro atoms. The predicted octanol–water partition coefficient (Wildman–Crippen LogP) is 2.28. The van der Waals surface area contributed by atoms with Crippen LogP contribution in [0.15, 0.2) is 0 Å². The van der Waals surface area contributed by atoms with Crippen molar-refractivity contribution in [2.45, 2.75) is 63.9 Å². The lowest BCUT2D eigenvalue weighted by Crippen LogP contribution is -2.38. The summed E-state index contributed by atoms with van der Waals surface area (Å²) in [7, 11) is 0. The highest BCUT2D eigenvalue weighted by Crippen LogP contribution is 2.20. The fourth-order valence-corrected chi connectivity index (χ4v) is 2.46. The van der Waals surface area contributed by atoms with Gasteiger partial charge in [0.15, 0.2) is 0 Å². The zero-order valence-corrected chi connectivity index (χ0v) is 12.7. The minimum absolute atomic E-state index is 0.157. The van der Waals surface area contributed by atoms with Crippen molar-refractivity contribution in [1.82, 2.24) is 10.6 Å². The van der Waals surface area contributed by atoms with Gasteiger partial charge in [-0.1, -0.05) is 25.7 Å². The van der Waals surface area contributed by atoms with Gasteiger partial charge in [0, 0.05) is 19.5 Å². The third-order valence-electron chi connectivity index (χ3n) is 3.65. The number of nitrogens with one attached hydrogen (secondary N) is 2. The average molecular weight is 300 g/mol. The van der Waals surface area contributed by atoms with Crippen LogP contribution in [0.3, 0.4) is 0 Å². The van der Waals surface area contributed by atoms with Gasteiger partial charge < -0.3 is 20.5 Å². The van der Waals surface area contributed by atoms with E-state index in [1.54, 1.807) is 0 Å². The number of carbonyl (C=O) groups is 2. The monoisotopic (exact) mass is 300 g/mol. The van der Waals surface area contributed by atoms with Crippen LogP contribution >= 0.6 is 0 Å². The quantitative estimate of drug-likeness (QED) is 0.511. The van der Waals surface area contributed by atoms with E-state index in [-0.39, 0.29) is 12.5 Å². The van der Waals surface area contributed by atoms with Crippen molar-refractivity contribution in [2.24, 2.45) is 0 Å². The molecule has 1 rings (SSSR count). The summed E-state index contributed by atoms with van der Waals surface area (Å²) in [4.78, 5) is 21.8. The van der Waals surface area contributed by atoms with Crippen LogP contribution in [0.25, 0.3) is 0 Å². The van der Waals surface area contributed by atoms with Gasteiger partial charge in [-0.15, -0.1) is 0 Å². The number of hydrogen-bond acceptors (Lipinski definition) is 3. The summed E-state index contributed by atoms with van der Waals surface area (Å²) in [5.41, 5.74) is 0. The lowest BCUT2D eigenvalue weighted by Gasteiger charge is -2.12. The van der Waals surface area contributed by atoms with E-state index in [0.29, 0.717) is 32.2 Å². The maximum absolute atomic E-state index is 11.5. The summed E-state index contributed by atoms with van der Waals surface area (Å²) in [6.45, 7) is 1.75. The molecule has 6 heteroatoms. The Balaban J connectivity index is 1.81. The van der Waals surface area contributed by atoms with E-state index < -0.39 is 5.97 Å². The van der Waals surface area contributed by atoms with Gasteiger partial charge in [-0.3, -0.25) is 4.79 Å². The summed E-state index contributed by atoms with van der Waals surface area (Å²) < 4.78 is 5.65. The number of rotatable bonds is 11. The molecule has 1 saturated carbocycles. The van der Waals surface area contributed by atoms with Crippen molar-refractivity contribution in [2.75, 3.05) is 19.7 Å². The van der Waals surface area contributed by atoms with Gasteiger partial charge in [-0.2, -0.15) is 0 Å². The first-order valence-corrected chi connectivity index (χ1v) is 8.03. The number of aliphatic carboxylic acids is 1. The number of unbranched alkanes of at least 4 members (excludes halogenated alkanes) is 3. The number of amides is 2. The third-order valence-corrected chi connectivity index (χ3v) is 3.65. The smallest absolute Gasteiger partial charge is 0.314 e. The van der Waals surface area contributed by atoms with E-state index >= 15 is 0 Å². The van der Waals surface area contributed by atoms with Gasteiger partial charge in [0.2, 0.25) is 0 Å². The summed E-state index contributed by atoms with van der Waals surface area (Å²) in [6, 6.07) is -0.157. The van der Waals surface area contributed by atoms with Crippen LogP contribution in [-0.2, 0) is 9.53 Å². The van der Waals surface area contributed by atoms with Crippen LogP contribution in [0.5, 0.6) is 0 Å². The second-order valence-electron chi connectivity index (χ2n) is 5.52. The Kier molecular flexibility index (Phi) is 9.61. The van der Waals surface area contributed by atoms with Gasteiger partial charge in [0.05, 0.1) is 12.7 Å². The first-order valence-electron chi connectivity index (χ1n) is 8.03. The molecule has 0 aliphatic heterocycles. The maximum Gasteiger partial charge on any atom is 0.314 e. The molecule has 0 aromatic heterocycles. The van der Waals surface area contributed by atoms with Crippen LogP contribution in [0.2, 0.25) is 0 Å². The molecular weight excluding hydrogens is 272 g/mol. The fourth-order valence-electron chi connectivity index (χ4n) is 2.46. The molecule has 0 heterocycles. The van der Waals surface area contributed by atoms with Crippen molar-refractivity contribution < 1.29 is 19.4 Å². The lowest BCUT2D eigenvalue weighted by molar-refractivity contribution is -0.137. The summed E-state index contributed by atoms with van der Waals surface area (Å²) in [5.74, 6) is -0.743. The van der Waals surface area contributed by atoms with Crippen LogP contribution in [0, 0.1) is 0 Å². The molecule has 6 nitrogen and oxygen atoms in total. The molecule has 0 radical (unpaired) electrons. The van der Waals surface area contributed by atoms with E-state index in [1.165, 1.54) is 12.8 Å². The van der Waals surface area contributed by atoms with E-state index in [9.17, 15) is 9.59 Å². The third kappa shape index (κ3) is 10.1. The lowest BCUT2D eigenvalue weighted by atomic mass is 10.1. The molecule has 3 N–H and O–H groups in total. The highest BCUT2D eigenvalue weighted by Gasteiger charge is 2.14. The fraction of sp³-hybridized carbons (Fsp3) is 0.867. The summed E-state index contributed by atoms with van der Waals surface area (Å²) in [5, 5.41) is 14.0. The van der Waals surface area contributed by atoms with Gasteiger partial charge >= 0.3 is 12.0 Å². The normalized spacial score (nSPS) is 15.0. The minimum Gasteiger partial charge on any atom is -0.481 e. The average Bonchev–Trinajstić information content (AvgIpc) is 2.95. The highest BCUT2D eigenvalue weighted by atomic mass is 16.5. The van der Waals surface area contributed by atoms with Crippen molar-refractivity contribution in [1.29, 1.82) is 0 Å². The molecule has 0 unspecified atom stereocenters. The highest BCUT2D eigenvalue weighted by molar-refractivity contribution is 5.73. The molecule has 21 heavy (non-hydrogen) atoms. The zero-order valence-electron chi connectivity index (χ0n) is 12.7. The topological polar surface area (TPSA) is 87.7 Å². The zero-order chi connectivity index (χ0) is 15.3. The molecular formula is C15H28N2O4. The molecule has 1 aliphatic carbocycles. The predicted molar refractivity (Wildman–Crippen MR) is 80.3 cm³/mol. The molecule has 0 aromatic rings. The van der Waals surface area contributed by atoms with Gasteiger partial charge in [0.25, 0.3) is 0 Å². The van der Waals surface area contributed by atoms with E-state index in [1.807, 2.05) is 0 Å². The van der Waals surface area contributed by atoms with Crippen LogP contribution < -0.4 is 10.6 Å². The molecule has 122 valence electrons. The largest absolute Gasteiger partial charge is 0.481 e. The van der Waals surface area contributed by atoms with Crippen molar-refractivity contribution in [3.05, 3.63) is 0 Å². The van der Waals surface area contributed by atoms with Crippen molar-refractivity contribution in [3.8, 4) is 0 Å². The molecule has 0 saturated heterocycles. The number of carboxylic acids is 1. The SMILES string of the molecule is O=C(O)CCCCCCNC(=O)NCCOC1CCCC1. The molecule has 0 atom stereocenters. The number of carboxylic acid groups (broad SMARTS) is 1. The van der Waals surface area contributed by atoms with Crippen molar-refractivity contribution in [3.63, 3.8) is 0 Å². The Morgan fingerprint density at radius 3 is 2.38 bits per heavy atom. The van der Waals surface area contributed by atoms with Crippen LogP contribution in [0.1, 0.15) is 57.8 Å². The van der Waals surface area contributed by atoms with Crippen LogP contribution in [-0.4, -0.2) is 42.9 Å². The van der Waals surface area contributed by atoms with Gasteiger partial charge in [-0.05, 0) is 25.7 Å². The second-order valence-corrected chi connectivity index (χ2v) is 5.52. The summed E-state index contributed by atoms with van der Waals surface area (Å²) in [6.07, 6.45) is 8.85. The van der Waals surface area contributed by atoms with Gasteiger partial charge in [0.1, 0.15) is 0 Å². The Morgan fingerprint density at radius 2 is 1.67 bits per heavy atom. The Bertz CT molecular complexity index is 304. The summed E-state index contributed by atoms with van der Waals surface area (Å²) >= 11 is 0.